The minimum atomic E-state index is -0.629. The van der Waals surface area contributed by atoms with E-state index in [4.69, 9.17) is 5.11 Å². The molecule has 0 spiro atoms. The van der Waals surface area contributed by atoms with Crippen LogP contribution in [0.15, 0.2) is 0 Å². The molecular formula is C11H21NO2. The van der Waals surface area contributed by atoms with Gasteiger partial charge in [-0.05, 0) is 18.9 Å². The number of carbonyl (C=O) groups is 1. The number of unbranched alkanes of at least 4 members (excludes halogenated alkanes) is 2. The first kappa shape index (κ1) is 11.5. The molecule has 1 aliphatic rings. The first-order chi connectivity index (χ1) is 6.65. The van der Waals surface area contributed by atoms with Gasteiger partial charge in [-0.15, -0.1) is 0 Å². The van der Waals surface area contributed by atoms with E-state index in [1.54, 1.807) is 0 Å². The number of hydrogen-bond donors (Lipinski definition) is 1. The summed E-state index contributed by atoms with van der Waals surface area (Å²) in [6, 6.07) is 0. The van der Waals surface area contributed by atoms with Crippen LogP contribution in [-0.4, -0.2) is 35.6 Å². The number of likely N-dealkylation sites (tertiary alicyclic amines) is 1. The lowest BCUT2D eigenvalue weighted by atomic mass is 9.99. The van der Waals surface area contributed by atoms with Crippen molar-refractivity contribution in [2.24, 2.45) is 11.8 Å². The molecule has 1 saturated heterocycles. The fourth-order valence-corrected chi connectivity index (χ4v) is 2.16. The average molecular weight is 199 g/mol. The van der Waals surface area contributed by atoms with E-state index in [0.29, 0.717) is 5.92 Å². The Balaban J connectivity index is 2.28. The summed E-state index contributed by atoms with van der Waals surface area (Å²) in [6.45, 7) is 7.01. The van der Waals surface area contributed by atoms with Gasteiger partial charge in [0, 0.05) is 13.1 Å². The smallest absolute Gasteiger partial charge is 0.308 e. The first-order valence-corrected chi connectivity index (χ1v) is 5.60. The van der Waals surface area contributed by atoms with Crippen molar-refractivity contribution < 1.29 is 9.90 Å². The summed E-state index contributed by atoms with van der Waals surface area (Å²) >= 11 is 0. The van der Waals surface area contributed by atoms with Gasteiger partial charge < -0.3 is 10.0 Å². The van der Waals surface area contributed by atoms with E-state index in [9.17, 15) is 4.79 Å². The third-order valence-electron chi connectivity index (χ3n) is 3.08. The van der Waals surface area contributed by atoms with Gasteiger partial charge in [0.2, 0.25) is 0 Å². The van der Waals surface area contributed by atoms with Crippen LogP contribution in [0.2, 0.25) is 0 Å². The van der Waals surface area contributed by atoms with Crippen LogP contribution in [0.4, 0.5) is 0 Å². The minimum absolute atomic E-state index is 0.142. The predicted molar refractivity (Wildman–Crippen MR) is 56.3 cm³/mol. The standard InChI is InChI=1S/C11H21NO2/c1-3-4-5-6-12-7-9(2)10(8-12)11(13)14/h9-10H,3-8H2,1-2H3,(H,13,14)/t9-,10-/m1/s1. The monoisotopic (exact) mass is 199 g/mol. The molecular weight excluding hydrogens is 178 g/mol. The van der Waals surface area contributed by atoms with Crippen molar-refractivity contribution in [2.75, 3.05) is 19.6 Å². The van der Waals surface area contributed by atoms with Crippen LogP contribution in [0.1, 0.15) is 33.1 Å². The molecule has 0 radical (unpaired) electrons. The second-order valence-corrected chi connectivity index (χ2v) is 4.39. The van der Waals surface area contributed by atoms with E-state index in [0.717, 1.165) is 19.6 Å². The van der Waals surface area contributed by atoms with Gasteiger partial charge in [0.15, 0.2) is 0 Å². The van der Waals surface area contributed by atoms with Crippen molar-refractivity contribution in [3.63, 3.8) is 0 Å². The molecule has 0 aromatic rings. The van der Waals surface area contributed by atoms with Gasteiger partial charge in [-0.1, -0.05) is 26.7 Å². The molecule has 0 aromatic carbocycles. The molecule has 14 heavy (non-hydrogen) atoms. The zero-order valence-corrected chi connectivity index (χ0v) is 9.20. The van der Waals surface area contributed by atoms with E-state index in [1.807, 2.05) is 6.92 Å². The number of carboxylic acids is 1. The molecule has 1 rings (SSSR count). The van der Waals surface area contributed by atoms with Crippen molar-refractivity contribution in [3.05, 3.63) is 0 Å². The fraction of sp³-hybridized carbons (Fsp3) is 0.909. The van der Waals surface area contributed by atoms with E-state index in [1.165, 1.54) is 19.3 Å². The second-order valence-electron chi connectivity index (χ2n) is 4.39. The maximum Gasteiger partial charge on any atom is 0.308 e. The minimum Gasteiger partial charge on any atom is -0.481 e. The van der Waals surface area contributed by atoms with Crippen molar-refractivity contribution in [1.29, 1.82) is 0 Å². The van der Waals surface area contributed by atoms with Crippen LogP contribution in [0.3, 0.4) is 0 Å². The van der Waals surface area contributed by atoms with Crippen LogP contribution in [0, 0.1) is 11.8 Å². The summed E-state index contributed by atoms with van der Waals surface area (Å²) in [6.07, 6.45) is 3.68. The summed E-state index contributed by atoms with van der Waals surface area (Å²) in [5.41, 5.74) is 0. The molecule has 0 aliphatic carbocycles. The Morgan fingerprint density at radius 1 is 1.43 bits per heavy atom. The van der Waals surface area contributed by atoms with Gasteiger partial charge in [-0.25, -0.2) is 0 Å². The fourth-order valence-electron chi connectivity index (χ4n) is 2.16. The highest BCUT2D eigenvalue weighted by atomic mass is 16.4. The lowest BCUT2D eigenvalue weighted by Crippen LogP contribution is -2.24. The lowest BCUT2D eigenvalue weighted by Gasteiger charge is -2.14. The molecule has 0 aromatic heterocycles. The summed E-state index contributed by atoms with van der Waals surface area (Å²) < 4.78 is 0. The summed E-state index contributed by atoms with van der Waals surface area (Å²) in [5.74, 6) is -0.457. The molecule has 0 bridgehead atoms. The van der Waals surface area contributed by atoms with Gasteiger partial charge >= 0.3 is 5.97 Å². The van der Waals surface area contributed by atoms with E-state index in [2.05, 4.69) is 11.8 Å². The molecule has 2 atom stereocenters. The molecule has 3 nitrogen and oxygen atoms in total. The Kier molecular flexibility index (Phi) is 4.39. The van der Waals surface area contributed by atoms with Gasteiger partial charge in [0.1, 0.15) is 0 Å². The molecule has 0 unspecified atom stereocenters. The number of nitrogens with zero attached hydrogens (tertiary/aromatic N) is 1. The van der Waals surface area contributed by atoms with Crippen LogP contribution in [0.25, 0.3) is 0 Å². The van der Waals surface area contributed by atoms with Crippen LogP contribution >= 0.6 is 0 Å². The molecule has 1 N–H and O–H groups in total. The maximum absolute atomic E-state index is 10.9. The van der Waals surface area contributed by atoms with Crippen molar-refractivity contribution >= 4 is 5.97 Å². The quantitative estimate of drug-likeness (QED) is 0.687. The van der Waals surface area contributed by atoms with Crippen LogP contribution in [0.5, 0.6) is 0 Å². The largest absolute Gasteiger partial charge is 0.481 e. The zero-order chi connectivity index (χ0) is 10.6. The Morgan fingerprint density at radius 2 is 2.14 bits per heavy atom. The SMILES string of the molecule is CCCCCN1C[C@@H](C)[C@H](C(=O)O)C1. The molecule has 1 heterocycles. The molecule has 1 aliphatic heterocycles. The average Bonchev–Trinajstić information content (AvgIpc) is 2.47. The molecule has 3 heteroatoms. The highest BCUT2D eigenvalue weighted by molar-refractivity contribution is 5.71. The third-order valence-corrected chi connectivity index (χ3v) is 3.08. The topological polar surface area (TPSA) is 40.5 Å². The Labute approximate surface area is 86.1 Å². The van der Waals surface area contributed by atoms with Gasteiger partial charge in [-0.3, -0.25) is 4.79 Å². The highest BCUT2D eigenvalue weighted by Crippen LogP contribution is 2.23. The van der Waals surface area contributed by atoms with Crippen molar-refractivity contribution in [2.45, 2.75) is 33.1 Å². The number of hydrogen-bond acceptors (Lipinski definition) is 2. The van der Waals surface area contributed by atoms with Gasteiger partial charge in [0.25, 0.3) is 0 Å². The second kappa shape index (κ2) is 5.35. The van der Waals surface area contributed by atoms with E-state index in [-0.39, 0.29) is 5.92 Å². The van der Waals surface area contributed by atoms with Crippen molar-refractivity contribution in [3.8, 4) is 0 Å². The maximum atomic E-state index is 10.9. The Hall–Kier alpha value is -0.570. The third kappa shape index (κ3) is 2.98. The van der Waals surface area contributed by atoms with Crippen LogP contribution < -0.4 is 0 Å². The van der Waals surface area contributed by atoms with Crippen LogP contribution in [-0.2, 0) is 4.79 Å². The van der Waals surface area contributed by atoms with E-state index >= 15 is 0 Å². The summed E-state index contributed by atoms with van der Waals surface area (Å²) in [7, 11) is 0. The summed E-state index contributed by atoms with van der Waals surface area (Å²) in [5, 5.41) is 8.95. The number of aliphatic carboxylic acids is 1. The molecule has 0 amide bonds. The molecule has 82 valence electrons. The Bertz CT molecular complexity index is 194. The lowest BCUT2D eigenvalue weighted by molar-refractivity contribution is -0.142. The molecule has 0 saturated carbocycles. The van der Waals surface area contributed by atoms with Gasteiger partial charge in [0.05, 0.1) is 5.92 Å². The van der Waals surface area contributed by atoms with Gasteiger partial charge in [-0.2, -0.15) is 0 Å². The number of rotatable bonds is 5. The zero-order valence-electron chi connectivity index (χ0n) is 9.20. The normalized spacial score (nSPS) is 28.1. The Morgan fingerprint density at radius 3 is 2.64 bits per heavy atom. The first-order valence-electron chi connectivity index (χ1n) is 5.60. The summed E-state index contributed by atoms with van der Waals surface area (Å²) in [4.78, 5) is 13.2. The predicted octanol–water partition coefficient (Wildman–Crippen LogP) is 1.83. The highest BCUT2D eigenvalue weighted by Gasteiger charge is 2.33. The number of carboxylic acid groups (broad SMARTS) is 1. The molecule has 1 fully saturated rings. The van der Waals surface area contributed by atoms with E-state index < -0.39 is 5.97 Å². The van der Waals surface area contributed by atoms with Crippen molar-refractivity contribution in [1.82, 2.24) is 4.90 Å².